The van der Waals surface area contributed by atoms with Gasteiger partial charge >= 0.3 is 5.97 Å². The second-order valence-electron chi connectivity index (χ2n) is 8.22. The van der Waals surface area contributed by atoms with Crippen LogP contribution in [0.3, 0.4) is 0 Å². The monoisotopic (exact) mass is 471 g/mol. The Morgan fingerprint density at radius 2 is 1.24 bits per heavy atom. The lowest BCUT2D eigenvalue weighted by Crippen LogP contribution is -2.60. The van der Waals surface area contributed by atoms with Crippen LogP contribution in [0.1, 0.15) is 47.5 Å². The molecule has 1 saturated heterocycles. The second-order valence-corrected chi connectivity index (χ2v) is 8.22. The van der Waals surface area contributed by atoms with E-state index in [9.17, 15) is 39.0 Å². The van der Waals surface area contributed by atoms with Crippen molar-refractivity contribution in [3.8, 4) is 0 Å². The minimum Gasteiger partial charge on any atom is -0.481 e. The Hall–Kier alpha value is -3.22. The smallest absolute Gasteiger partial charge is 0.305 e. The molecule has 0 spiro atoms. The van der Waals surface area contributed by atoms with Crippen molar-refractivity contribution in [3.63, 3.8) is 0 Å². The number of aliphatic carboxylic acids is 1. The molecule has 1 aliphatic rings. The van der Waals surface area contributed by atoms with Gasteiger partial charge in [-0.15, -0.1) is 0 Å². The van der Waals surface area contributed by atoms with Gasteiger partial charge in [0.15, 0.2) is 0 Å². The highest BCUT2D eigenvalue weighted by molar-refractivity contribution is 5.98. The maximum Gasteiger partial charge on any atom is 0.305 e. The molecule has 0 saturated carbocycles. The SMILES string of the molecule is CC[C@H](C)[C@@H]1NC(=O)[C@H](C)NC(=O)[C@@H](C)NC(=O)[C@H]([C@@H](C)O)NC(=O)[C@@H](CC(=O)O)NC1=O. The van der Waals surface area contributed by atoms with Crippen LogP contribution in [0.2, 0.25) is 0 Å². The highest BCUT2D eigenvalue weighted by Gasteiger charge is 2.36. The number of nitrogens with one attached hydrogen (secondary N) is 5. The molecular weight excluding hydrogens is 438 g/mol. The summed E-state index contributed by atoms with van der Waals surface area (Å²) in [4.78, 5) is 74.5. The van der Waals surface area contributed by atoms with Gasteiger partial charge in [0, 0.05) is 0 Å². The van der Waals surface area contributed by atoms with Crippen molar-refractivity contribution in [1.82, 2.24) is 26.6 Å². The van der Waals surface area contributed by atoms with E-state index in [1.165, 1.54) is 20.8 Å². The molecule has 0 aromatic carbocycles. The summed E-state index contributed by atoms with van der Waals surface area (Å²) < 4.78 is 0. The predicted octanol–water partition coefficient (Wildman–Crippen LogP) is -2.63. The zero-order valence-corrected chi connectivity index (χ0v) is 19.3. The van der Waals surface area contributed by atoms with Crippen LogP contribution >= 0.6 is 0 Å². The number of rotatable bonds is 5. The molecule has 13 heteroatoms. The van der Waals surface area contributed by atoms with Crippen molar-refractivity contribution in [2.75, 3.05) is 0 Å². The van der Waals surface area contributed by atoms with Crippen LogP contribution in [0.4, 0.5) is 0 Å². The number of hydrogen-bond donors (Lipinski definition) is 7. The highest BCUT2D eigenvalue weighted by Crippen LogP contribution is 2.10. The molecule has 0 aromatic heterocycles. The Labute approximate surface area is 191 Å². The van der Waals surface area contributed by atoms with Gasteiger partial charge in [0.2, 0.25) is 29.5 Å². The highest BCUT2D eigenvalue weighted by atomic mass is 16.4. The summed E-state index contributed by atoms with van der Waals surface area (Å²) in [5.74, 6) is -5.92. The number of aliphatic hydroxyl groups excluding tert-OH is 1. The largest absolute Gasteiger partial charge is 0.481 e. The standard InChI is InChI=1S/C20H33N5O8/c1-6-8(2)14-19(32)23-12(7-13(27)28)18(31)25-15(11(5)26)20(33)22-9(3)16(29)21-10(4)17(30)24-14/h8-12,14-15,26H,6-7H2,1-5H3,(H,21,29)(H,22,33)(H,23,32)(H,24,30)(H,25,31)(H,27,28)/t8-,9+,10-,11+,12+,14-,15-/m0/s1. The lowest BCUT2D eigenvalue weighted by molar-refractivity contribution is -0.142. The molecule has 0 radical (unpaired) electrons. The molecule has 1 heterocycles. The first-order valence-corrected chi connectivity index (χ1v) is 10.7. The lowest BCUT2D eigenvalue weighted by Gasteiger charge is -2.27. The summed E-state index contributed by atoms with van der Waals surface area (Å²) in [5, 5.41) is 31.0. The van der Waals surface area contributed by atoms with E-state index in [1.54, 1.807) is 13.8 Å². The molecule has 0 aliphatic carbocycles. The van der Waals surface area contributed by atoms with Crippen LogP contribution in [0.15, 0.2) is 0 Å². The molecule has 186 valence electrons. The first kappa shape index (κ1) is 27.8. The molecule has 1 aliphatic heterocycles. The fourth-order valence-electron chi connectivity index (χ4n) is 3.06. The number of carboxylic acids is 1. The number of carboxylic acid groups (broad SMARTS) is 1. The lowest BCUT2D eigenvalue weighted by atomic mass is 9.97. The second kappa shape index (κ2) is 12.1. The predicted molar refractivity (Wildman–Crippen MR) is 114 cm³/mol. The van der Waals surface area contributed by atoms with Crippen LogP contribution < -0.4 is 26.6 Å². The van der Waals surface area contributed by atoms with Crippen molar-refractivity contribution in [3.05, 3.63) is 0 Å². The Bertz CT molecular complexity index is 786. The van der Waals surface area contributed by atoms with Gasteiger partial charge in [0.05, 0.1) is 12.5 Å². The summed E-state index contributed by atoms with van der Waals surface area (Å²) in [7, 11) is 0. The topological polar surface area (TPSA) is 203 Å². The summed E-state index contributed by atoms with van der Waals surface area (Å²) in [6.07, 6.45) is -1.75. The van der Waals surface area contributed by atoms with E-state index in [-0.39, 0.29) is 0 Å². The maximum absolute atomic E-state index is 12.9. The van der Waals surface area contributed by atoms with Crippen LogP contribution in [0, 0.1) is 5.92 Å². The third kappa shape index (κ3) is 8.00. The molecule has 5 amide bonds. The van der Waals surface area contributed by atoms with E-state index < -0.39 is 84.2 Å². The molecule has 0 bridgehead atoms. The Balaban J connectivity index is 3.41. The number of aliphatic hydroxyl groups is 1. The first-order chi connectivity index (χ1) is 15.3. The van der Waals surface area contributed by atoms with Gasteiger partial charge in [-0.05, 0) is 26.7 Å². The number of amides is 5. The number of carbonyl (C=O) groups excluding carboxylic acids is 5. The molecule has 0 unspecified atom stereocenters. The van der Waals surface area contributed by atoms with E-state index in [1.807, 2.05) is 0 Å². The molecule has 33 heavy (non-hydrogen) atoms. The number of carbonyl (C=O) groups is 6. The van der Waals surface area contributed by atoms with Gasteiger partial charge in [-0.2, -0.15) is 0 Å². The van der Waals surface area contributed by atoms with Crippen molar-refractivity contribution in [2.24, 2.45) is 5.92 Å². The van der Waals surface area contributed by atoms with E-state index in [4.69, 9.17) is 0 Å². The minimum absolute atomic E-state index is 0.395. The third-order valence-corrected chi connectivity index (χ3v) is 5.37. The van der Waals surface area contributed by atoms with Gasteiger partial charge in [0.25, 0.3) is 0 Å². The summed E-state index contributed by atoms with van der Waals surface area (Å²) in [6, 6.07) is -6.44. The van der Waals surface area contributed by atoms with E-state index in [2.05, 4.69) is 26.6 Å². The summed E-state index contributed by atoms with van der Waals surface area (Å²) in [5.41, 5.74) is 0. The fraction of sp³-hybridized carbons (Fsp3) is 0.700. The van der Waals surface area contributed by atoms with Crippen molar-refractivity contribution < 1.29 is 39.0 Å². The Morgan fingerprint density at radius 3 is 1.73 bits per heavy atom. The van der Waals surface area contributed by atoms with Crippen LogP contribution in [-0.2, 0) is 28.8 Å². The van der Waals surface area contributed by atoms with Gasteiger partial charge in [-0.25, -0.2) is 0 Å². The van der Waals surface area contributed by atoms with E-state index in [0.717, 1.165) is 0 Å². The average molecular weight is 472 g/mol. The van der Waals surface area contributed by atoms with Crippen LogP contribution in [-0.4, -0.2) is 82.0 Å². The molecular formula is C20H33N5O8. The summed E-state index contributed by atoms with van der Waals surface area (Å²) >= 11 is 0. The van der Waals surface area contributed by atoms with Crippen LogP contribution in [0.25, 0.3) is 0 Å². The zero-order valence-electron chi connectivity index (χ0n) is 19.3. The average Bonchev–Trinajstić information content (AvgIpc) is 2.72. The molecule has 7 N–H and O–H groups in total. The normalized spacial score (nSPS) is 29.8. The molecule has 1 fully saturated rings. The van der Waals surface area contributed by atoms with Crippen LogP contribution in [0.5, 0.6) is 0 Å². The Morgan fingerprint density at radius 1 is 0.788 bits per heavy atom. The maximum atomic E-state index is 12.9. The van der Waals surface area contributed by atoms with Gasteiger partial charge < -0.3 is 36.8 Å². The zero-order chi connectivity index (χ0) is 25.5. The third-order valence-electron chi connectivity index (χ3n) is 5.37. The molecule has 0 aromatic rings. The van der Waals surface area contributed by atoms with Crippen molar-refractivity contribution in [1.29, 1.82) is 0 Å². The molecule has 13 nitrogen and oxygen atoms in total. The number of hydrogen-bond acceptors (Lipinski definition) is 7. The first-order valence-electron chi connectivity index (χ1n) is 10.7. The summed E-state index contributed by atoms with van der Waals surface area (Å²) in [6.45, 7) is 7.41. The van der Waals surface area contributed by atoms with E-state index >= 15 is 0 Å². The molecule has 1 rings (SSSR count). The quantitative estimate of drug-likeness (QED) is 0.225. The van der Waals surface area contributed by atoms with Gasteiger partial charge in [0.1, 0.15) is 30.2 Å². The van der Waals surface area contributed by atoms with Gasteiger partial charge in [-0.1, -0.05) is 20.3 Å². The van der Waals surface area contributed by atoms with Crippen molar-refractivity contribution in [2.45, 2.75) is 83.8 Å². The van der Waals surface area contributed by atoms with Gasteiger partial charge in [-0.3, -0.25) is 28.8 Å². The fourth-order valence-corrected chi connectivity index (χ4v) is 3.06. The minimum atomic E-state index is -1.59. The molecule has 7 atom stereocenters. The van der Waals surface area contributed by atoms with Crippen molar-refractivity contribution >= 4 is 35.5 Å². The Kier molecular flexibility index (Phi) is 10.2. The van der Waals surface area contributed by atoms with E-state index in [0.29, 0.717) is 6.42 Å².